The Morgan fingerprint density at radius 2 is 2.03 bits per heavy atom. The zero-order valence-corrected chi connectivity index (χ0v) is 16.4. The molecule has 0 saturated heterocycles. The van der Waals surface area contributed by atoms with Gasteiger partial charge in [-0.1, -0.05) is 0 Å². The third-order valence-corrected chi connectivity index (χ3v) is 4.89. The van der Waals surface area contributed by atoms with E-state index in [1.807, 2.05) is 0 Å². The second-order valence-corrected chi connectivity index (χ2v) is 7.20. The molecular formula is C19H16F3N3O4S. The van der Waals surface area contributed by atoms with Crippen LogP contribution < -0.4 is 15.4 Å². The van der Waals surface area contributed by atoms with E-state index in [9.17, 15) is 22.8 Å². The highest BCUT2D eigenvalue weighted by Crippen LogP contribution is 2.27. The molecule has 0 saturated carbocycles. The SMILES string of the molecule is Cc1cc(NC(=O)c2ccco2)sc1C(=O)NCc1ccnc(OCC(F)(F)F)c1. The minimum atomic E-state index is -4.47. The monoisotopic (exact) mass is 439 g/mol. The number of nitrogens with one attached hydrogen (secondary N) is 2. The van der Waals surface area contributed by atoms with Crippen molar-refractivity contribution in [2.24, 2.45) is 0 Å². The number of carbonyl (C=O) groups excluding carboxylic acids is 2. The first-order valence-electron chi connectivity index (χ1n) is 8.59. The predicted molar refractivity (Wildman–Crippen MR) is 103 cm³/mol. The third kappa shape index (κ3) is 5.83. The molecule has 2 amide bonds. The Balaban J connectivity index is 1.59. The van der Waals surface area contributed by atoms with Gasteiger partial charge in [0.15, 0.2) is 12.4 Å². The van der Waals surface area contributed by atoms with E-state index in [0.717, 1.165) is 11.3 Å². The normalized spacial score (nSPS) is 11.2. The van der Waals surface area contributed by atoms with Crippen LogP contribution >= 0.6 is 11.3 Å². The summed E-state index contributed by atoms with van der Waals surface area (Å²) in [4.78, 5) is 28.6. The maximum Gasteiger partial charge on any atom is 0.422 e. The van der Waals surface area contributed by atoms with Gasteiger partial charge in [0.05, 0.1) is 16.1 Å². The van der Waals surface area contributed by atoms with E-state index >= 15 is 0 Å². The van der Waals surface area contributed by atoms with Gasteiger partial charge in [0.1, 0.15) is 0 Å². The fraction of sp³-hybridized carbons (Fsp3) is 0.211. The highest BCUT2D eigenvalue weighted by molar-refractivity contribution is 7.18. The zero-order chi connectivity index (χ0) is 21.7. The molecule has 30 heavy (non-hydrogen) atoms. The van der Waals surface area contributed by atoms with Crippen molar-refractivity contribution in [3.05, 3.63) is 64.6 Å². The van der Waals surface area contributed by atoms with Gasteiger partial charge in [-0.2, -0.15) is 13.2 Å². The van der Waals surface area contributed by atoms with Gasteiger partial charge in [-0.05, 0) is 42.3 Å². The number of hydrogen-bond donors (Lipinski definition) is 2. The molecule has 11 heteroatoms. The van der Waals surface area contributed by atoms with Gasteiger partial charge in [0, 0.05) is 18.8 Å². The summed E-state index contributed by atoms with van der Waals surface area (Å²) < 4.78 is 46.3. The second-order valence-electron chi connectivity index (χ2n) is 6.14. The Labute approximate surface area is 172 Å². The molecule has 0 bridgehead atoms. The number of furan rings is 1. The fourth-order valence-electron chi connectivity index (χ4n) is 2.41. The smallest absolute Gasteiger partial charge is 0.422 e. The van der Waals surface area contributed by atoms with E-state index in [2.05, 4.69) is 20.4 Å². The molecule has 0 spiro atoms. The molecule has 3 aromatic heterocycles. The molecule has 7 nitrogen and oxygen atoms in total. The van der Waals surface area contributed by atoms with Crippen molar-refractivity contribution in [3.8, 4) is 5.88 Å². The number of ether oxygens (including phenoxy) is 1. The first-order chi connectivity index (χ1) is 14.2. The van der Waals surface area contributed by atoms with Crippen molar-refractivity contribution in [3.63, 3.8) is 0 Å². The van der Waals surface area contributed by atoms with Crippen molar-refractivity contribution in [2.45, 2.75) is 19.6 Å². The van der Waals surface area contributed by atoms with Gasteiger partial charge >= 0.3 is 6.18 Å². The molecule has 0 aliphatic rings. The predicted octanol–water partition coefficient (Wildman–Crippen LogP) is 4.17. The number of thiophene rings is 1. The minimum absolute atomic E-state index is 0.0646. The second kappa shape index (κ2) is 8.99. The number of aryl methyl sites for hydroxylation is 1. The molecule has 0 aliphatic carbocycles. The minimum Gasteiger partial charge on any atom is -0.468 e. The van der Waals surface area contributed by atoms with E-state index in [-0.39, 0.29) is 24.1 Å². The first-order valence-corrected chi connectivity index (χ1v) is 9.41. The topological polar surface area (TPSA) is 93.5 Å². The lowest BCUT2D eigenvalue weighted by atomic mass is 10.2. The summed E-state index contributed by atoms with van der Waals surface area (Å²) in [5.74, 6) is -0.857. The average Bonchev–Trinajstić information content (AvgIpc) is 3.34. The van der Waals surface area contributed by atoms with E-state index in [1.165, 1.54) is 24.6 Å². The lowest BCUT2D eigenvalue weighted by molar-refractivity contribution is -0.154. The highest BCUT2D eigenvalue weighted by Gasteiger charge is 2.28. The quantitative estimate of drug-likeness (QED) is 0.577. The lowest BCUT2D eigenvalue weighted by Crippen LogP contribution is -2.23. The van der Waals surface area contributed by atoms with Crippen LogP contribution in [0.5, 0.6) is 5.88 Å². The van der Waals surface area contributed by atoms with E-state index in [4.69, 9.17) is 4.42 Å². The fourth-order valence-corrected chi connectivity index (χ4v) is 3.39. The van der Waals surface area contributed by atoms with Crippen LogP contribution in [0.25, 0.3) is 0 Å². The Hall–Kier alpha value is -3.34. The maximum atomic E-state index is 12.5. The summed E-state index contributed by atoms with van der Waals surface area (Å²) in [7, 11) is 0. The molecule has 3 rings (SSSR count). The van der Waals surface area contributed by atoms with Crippen molar-refractivity contribution in [2.75, 3.05) is 11.9 Å². The third-order valence-electron chi connectivity index (χ3n) is 3.74. The van der Waals surface area contributed by atoms with Crippen molar-refractivity contribution >= 4 is 28.2 Å². The van der Waals surface area contributed by atoms with E-state index in [1.54, 1.807) is 25.1 Å². The van der Waals surface area contributed by atoms with Crippen LogP contribution in [0.2, 0.25) is 0 Å². The Morgan fingerprint density at radius 3 is 2.73 bits per heavy atom. The van der Waals surface area contributed by atoms with Crippen LogP contribution in [0.3, 0.4) is 0 Å². The van der Waals surface area contributed by atoms with Crippen LogP contribution in [0.1, 0.15) is 31.4 Å². The molecule has 0 fully saturated rings. The van der Waals surface area contributed by atoms with Crippen LogP contribution in [-0.2, 0) is 6.54 Å². The Bertz CT molecular complexity index is 1030. The molecule has 0 atom stereocenters. The number of anilines is 1. The standard InChI is InChI=1S/C19H16F3N3O4S/c1-11-7-15(25-17(26)13-3-2-6-28-13)30-16(11)18(27)24-9-12-4-5-23-14(8-12)29-10-19(20,21)22/h2-8H,9-10H2,1H3,(H,24,27)(H,25,26). The van der Waals surface area contributed by atoms with Gasteiger partial charge < -0.3 is 19.8 Å². The van der Waals surface area contributed by atoms with Gasteiger partial charge in [0.25, 0.3) is 11.8 Å². The zero-order valence-electron chi connectivity index (χ0n) is 15.6. The van der Waals surface area contributed by atoms with Crippen molar-refractivity contribution in [1.82, 2.24) is 10.3 Å². The summed E-state index contributed by atoms with van der Waals surface area (Å²) in [5, 5.41) is 5.82. The molecule has 3 heterocycles. The summed E-state index contributed by atoms with van der Waals surface area (Å²) in [5.41, 5.74) is 1.19. The molecule has 0 radical (unpaired) electrons. The van der Waals surface area contributed by atoms with Crippen molar-refractivity contribution < 1.29 is 31.9 Å². The summed E-state index contributed by atoms with van der Waals surface area (Å²) in [6.45, 7) is 0.343. The van der Waals surface area contributed by atoms with Gasteiger partial charge in [-0.3, -0.25) is 9.59 Å². The molecule has 0 aliphatic heterocycles. The van der Waals surface area contributed by atoms with Crippen LogP contribution in [-0.4, -0.2) is 29.6 Å². The number of hydrogen-bond acceptors (Lipinski definition) is 6. The van der Waals surface area contributed by atoms with Crippen LogP contribution in [0, 0.1) is 6.92 Å². The number of halogens is 3. The number of alkyl halides is 3. The van der Waals surface area contributed by atoms with Crippen LogP contribution in [0.4, 0.5) is 18.2 Å². The summed E-state index contributed by atoms with van der Waals surface area (Å²) in [6.07, 6.45) is -1.79. The molecule has 3 aromatic rings. The average molecular weight is 439 g/mol. The molecule has 0 unspecified atom stereocenters. The molecule has 158 valence electrons. The lowest BCUT2D eigenvalue weighted by Gasteiger charge is -2.09. The number of pyridine rings is 1. The summed E-state index contributed by atoms with van der Waals surface area (Å²) >= 11 is 1.09. The largest absolute Gasteiger partial charge is 0.468 e. The first kappa shape index (κ1) is 21.4. The molecule has 0 aromatic carbocycles. The summed E-state index contributed by atoms with van der Waals surface area (Å²) in [6, 6.07) is 7.65. The number of rotatable bonds is 7. The number of carbonyl (C=O) groups is 2. The highest BCUT2D eigenvalue weighted by atomic mass is 32.1. The number of nitrogens with zero attached hydrogens (tertiary/aromatic N) is 1. The van der Waals surface area contributed by atoms with Crippen molar-refractivity contribution in [1.29, 1.82) is 0 Å². The van der Waals surface area contributed by atoms with Crippen LogP contribution in [0.15, 0.2) is 47.2 Å². The van der Waals surface area contributed by atoms with Gasteiger partial charge in [-0.25, -0.2) is 4.98 Å². The Kier molecular flexibility index (Phi) is 6.40. The van der Waals surface area contributed by atoms with E-state index < -0.39 is 18.7 Å². The Morgan fingerprint density at radius 1 is 1.23 bits per heavy atom. The molecule has 2 N–H and O–H groups in total. The van der Waals surface area contributed by atoms with Gasteiger partial charge in [-0.15, -0.1) is 11.3 Å². The van der Waals surface area contributed by atoms with E-state index in [0.29, 0.717) is 21.0 Å². The molecular weight excluding hydrogens is 423 g/mol. The number of amides is 2. The van der Waals surface area contributed by atoms with Gasteiger partial charge in [0.2, 0.25) is 5.88 Å². The maximum absolute atomic E-state index is 12.5. The number of aromatic nitrogens is 1.